The molecule has 28 heavy (non-hydrogen) atoms. The van der Waals surface area contributed by atoms with E-state index in [2.05, 4.69) is 125 Å². The molecular weight excluding hydrogens is 338 g/mol. The molecule has 1 heteroatoms. The van der Waals surface area contributed by atoms with Crippen molar-refractivity contribution in [2.24, 2.45) is 5.41 Å². The van der Waals surface area contributed by atoms with Crippen LogP contribution < -0.4 is 4.90 Å². The third-order valence-corrected chi connectivity index (χ3v) is 5.23. The Morgan fingerprint density at radius 3 is 1.82 bits per heavy atom. The van der Waals surface area contributed by atoms with Gasteiger partial charge in [0.15, 0.2) is 0 Å². The van der Waals surface area contributed by atoms with E-state index < -0.39 is 0 Å². The molecule has 1 aliphatic rings. The lowest BCUT2D eigenvalue weighted by Gasteiger charge is -2.27. The van der Waals surface area contributed by atoms with Crippen LogP contribution in [0.1, 0.15) is 53.5 Å². The smallest absolute Gasteiger partial charge is 0.0461 e. The lowest BCUT2D eigenvalue weighted by molar-refractivity contribution is 0.515. The Morgan fingerprint density at radius 1 is 0.643 bits per heavy atom. The largest absolute Gasteiger partial charge is 0.311 e. The molecule has 1 nitrogen and oxygen atoms in total. The summed E-state index contributed by atoms with van der Waals surface area (Å²) in [6.07, 6.45) is 10.1. The lowest BCUT2D eigenvalue weighted by atomic mass is 9.86. The SMILES string of the molecule is CC(C)(C)C1=CCC=C(N(c2ccccc2)c2ccc(C(C)(C)C)cc2)C=C1. The van der Waals surface area contributed by atoms with E-state index in [1.165, 1.54) is 28.2 Å². The quantitative estimate of drug-likeness (QED) is 0.529. The molecule has 0 amide bonds. The fraction of sp³-hybridized carbons (Fsp3) is 0.333. The van der Waals surface area contributed by atoms with E-state index in [1.54, 1.807) is 0 Å². The molecule has 0 heterocycles. The van der Waals surface area contributed by atoms with E-state index in [0.717, 1.165) is 6.42 Å². The number of hydrogen-bond acceptors (Lipinski definition) is 1. The number of rotatable bonds is 3. The molecule has 0 saturated heterocycles. The van der Waals surface area contributed by atoms with Gasteiger partial charge in [-0.2, -0.15) is 0 Å². The highest BCUT2D eigenvalue weighted by atomic mass is 15.1. The third-order valence-electron chi connectivity index (χ3n) is 5.23. The standard InChI is InChI=1S/C27H33N/c1-26(2,3)21-11-10-14-24(18-15-21)28(23-12-8-7-9-13-23)25-19-16-22(17-20-25)27(4,5)6/h7-9,11-20H,10H2,1-6H3. The molecule has 0 bridgehead atoms. The van der Waals surface area contributed by atoms with Crippen LogP contribution in [0.5, 0.6) is 0 Å². The number of anilines is 2. The normalized spacial score (nSPS) is 14.9. The zero-order chi connectivity index (χ0) is 20.4. The third kappa shape index (κ3) is 4.65. The first-order valence-electron chi connectivity index (χ1n) is 10.2. The highest BCUT2D eigenvalue weighted by Crippen LogP contribution is 2.35. The Kier molecular flexibility index (Phi) is 5.65. The van der Waals surface area contributed by atoms with Crippen molar-refractivity contribution in [1.82, 2.24) is 0 Å². The fourth-order valence-electron chi connectivity index (χ4n) is 3.47. The molecule has 0 N–H and O–H groups in total. The van der Waals surface area contributed by atoms with Gasteiger partial charge in [0, 0.05) is 17.1 Å². The van der Waals surface area contributed by atoms with Crippen LogP contribution >= 0.6 is 0 Å². The van der Waals surface area contributed by atoms with Gasteiger partial charge in [0.2, 0.25) is 0 Å². The summed E-state index contributed by atoms with van der Waals surface area (Å²) in [4.78, 5) is 2.35. The molecule has 2 aromatic carbocycles. The highest BCUT2D eigenvalue weighted by molar-refractivity contribution is 5.70. The highest BCUT2D eigenvalue weighted by Gasteiger charge is 2.19. The minimum Gasteiger partial charge on any atom is -0.311 e. The maximum atomic E-state index is 2.35. The van der Waals surface area contributed by atoms with E-state index in [9.17, 15) is 0 Å². The molecule has 2 aromatic rings. The van der Waals surface area contributed by atoms with E-state index in [4.69, 9.17) is 0 Å². The van der Waals surface area contributed by atoms with Crippen LogP contribution in [0, 0.1) is 5.41 Å². The van der Waals surface area contributed by atoms with Crippen molar-refractivity contribution in [2.75, 3.05) is 4.90 Å². The summed E-state index contributed by atoms with van der Waals surface area (Å²) < 4.78 is 0. The Labute approximate surface area is 171 Å². The lowest BCUT2D eigenvalue weighted by Crippen LogP contribution is -2.16. The van der Waals surface area contributed by atoms with Crippen LogP contribution in [0.4, 0.5) is 11.4 Å². The topological polar surface area (TPSA) is 3.24 Å². The Morgan fingerprint density at radius 2 is 1.25 bits per heavy atom. The van der Waals surface area contributed by atoms with Crippen LogP contribution in [-0.2, 0) is 5.41 Å². The van der Waals surface area contributed by atoms with Gasteiger partial charge in [-0.15, -0.1) is 0 Å². The molecule has 0 spiro atoms. The molecule has 0 atom stereocenters. The zero-order valence-electron chi connectivity index (χ0n) is 18.2. The van der Waals surface area contributed by atoms with Crippen molar-refractivity contribution >= 4 is 11.4 Å². The van der Waals surface area contributed by atoms with Gasteiger partial charge < -0.3 is 4.90 Å². The Balaban J connectivity index is 2.01. The predicted molar refractivity (Wildman–Crippen MR) is 123 cm³/mol. The molecular formula is C27H33N. The van der Waals surface area contributed by atoms with Crippen LogP contribution in [0.15, 0.2) is 90.2 Å². The van der Waals surface area contributed by atoms with E-state index in [-0.39, 0.29) is 10.8 Å². The van der Waals surface area contributed by atoms with Gasteiger partial charge in [-0.25, -0.2) is 0 Å². The number of allylic oxidation sites excluding steroid dienone is 5. The Hall–Kier alpha value is -2.54. The first-order chi connectivity index (χ1) is 13.2. The van der Waals surface area contributed by atoms with Crippen LogP contribution in [0.2, 0.25) is 0 Å². The minimum atomic E-state index is 0.156. The van der Waals surface area contributed by atoms with Crippen molar-refractivity contribution < 1.29 is 0 Å². The summed E-state index contributed by atoms with van der Waals surface area (Å²) in [6.45, 7) is 13.6. The second kappa shape index (κ2) is 7.83. The molecule has 0 aromatic heterocycles. The van der Waals surface area contributed by atoms with Crippen molar-refractivity contribution in [3.05, 3.63) is 95.7 Å². The van der Waals surface area contributed by atoms with Gasteiger partial charge in [0.05, 0.1) is 0 Å². The number of hydrogen-bond donors (Lipinski definition) is 0. The van der Waals surface area contributed by atoms with Gasteiger partial charge in [0.1, 0.15) is 0 Å². The average Bonchev–Trinajstić information content (AvgIpc) is 2.89. The van der Waals surface area contributed by atoms with E-state index in [0.29, 0.717) is 0 Å². The number of para-hydroxylation sites is 1. The fourth-order valence-corrected chi connectivity index (χ4v) is 3.47. The molecule has 0 unspecified atom stereocenters. The van der Waals surface area contributed by atoms with Crippen molar-refractivity contribution in [3.8, 4) is 0 Å². The summed E-state index contributed by atoms with van der Waals surface area (Å²) in [5.41, 5.74) is 6.64. The van der Waals surface area contributed by atoms with Gasteiger partial charge in [-0.05, 0) is 58.7 Å². The van der Waals surface area contributed by atoms with Crippen LogP contribution in [-0.4, -0.2) is 0 Å². The monoisotopic (exact) mass is 371 g/mol. The second-order valence-corrected chi connectivity index (χ2v) is 9.58. The first kappa shape index (κ1) is 20.2. The summed E-state index contributed by atoms with van der Waals surface area (Å²) in [7, 11) is 0. The predicted octanol–water partition coefficient (Wildman–Crippen LogP) is 7.94. The second-order valence-electron chi connectivity index (χ2n) is 9.58. The first-order valence-corrected chi connectivity index (χ1v) is 10.2. The van der Waals surface area contributed by atoms with Crippen molar-refractivity contribution in [3.63, 3.8) is 0 Å². The minimum absolute atomic E-state index is 0.156. The molecule has 3 rings (SSSR count). The van der Waals surface area contributed by atoms with E-state index >= 15 is 0 Å². The summed E-state index contributed by atoms with van der Waals surface area (Å²) in [5, 5.41) is 0. The van der Waals surface area contributed by atoms with Gasteiger partial charge in [-0.3, -0.25) is 0 Å². The molecule has 146 valence electrons. The molecule has 0 radical (unpaired) electrons. The molecule has 0 saturated carbocycles. The molecule has 0 aliphatic heterocycles. The Bertz CT molecular complexity index is 882. The summed E-state index contributed by atoms with van der Waals surface area (Å²) >= 11 is 0. The van der Waals surface area contributed by atoms with Crippen molar-refractivity contribution in [1.29, 1.82) is 0 Å². The van der Waals surface area contributed by atoms with Gasteiger partial charge in [-0.1, -0.05) is 90.1 Å². The summed E-state index contributed by atoms with van der Waals surface area (Å²) in [5.74, 6) is 0. The number of nitrogens with zero attached hydrogens (tertiary/aromatic N) is 1. The maximum Gasteiger partial charge on any atom is 0.0461 e. The number of benzene rings is 2. The van der Waals surface area contributed by atoms with Crippen LogP contribution in [0.25, 0.3) is 0 Å². The van der Waals surface area contributed by atoms with Gasteiger partial charge >= 0.3 is 0 Å². The average molecular weight is 372 g/mol. The summed E-state index contributed by atoms with van der Waals surface area (Å²) in [6, 6.07) is 19.6. The molecule has 0 fully saturated rings. The maximum absolute atomic E-state index is 2.35. The van der Waals surface area contributed by atoms with E-state index in [1.807, 2.05) is 0 Å². The van der Waals surface area contributed by atoms with Crippen molar-refractivity contribution in [2.45, 2.75) is 53.4 Å². The van der Waals surface area contributed by atoms with Crippen LogP contribution in [0.3, 0.4) is 0 Å². The zero-order valence-corrected chi connectivity index (χ0v) is 18.2. The molecule has 1 aliphatic carbocycles. The van der Waals surface area contributed by atoms with Gasteiger partial charge in [0.25, 0.3) is 0 Å².